The van der Waals surface area contributed by atoms with Gasteiger partial charge in [0.25, 0.3) is 0 Å². The molecule has 0 aromatic heterocycles. The molecule has 3 atom stereocenters. The summed E-state index contributed by atoms with van der Waals surface area (Å²) >= 11 is 0. The Balaban J connectivity index is 2.14. The summed E-state index contributed by atoms with van der Waals surface area (Å²) in [5, 5.41) is 6.28. The largest absolute Gasteiger partial charge is 0.355 e. The maximum Gasteiger partial charge on any atom is 0.233 e. The second-order valence-corrected chi connectivity index (χ2v) is 5.52. The van der Waals surface area contributed by atoms with Crippen molar-refractivity contribution in [2.45, 2.75) is 58.9 Å². The second-order valence-electron chi connectivity index (χ2n) is 5.52. The SMILES string of the molecule is CCC(C)NCC(=O)NCC1CCCCC1C. The third kappa shape index (κ3) is 5.53. The lowest BCUT2D eigenvalue weighted by atomic mass is 9.80. The smallest absolute Gasteiger partial charge is 0.233 e. The molecule has 0 aromatic carbocycles. The Morgan fingerprint density at radius 1 is 1.35 bits per heavy atom. The van der Waals surface area contributed by atoms with Crippen LogP contribution in [0, 0.1) is 11.8 Å². The number of nitrogens with one attached hydrogen (secondary N) is 2. The molecule has 1 rings (SSSR count). The molecule has 0 bridgehead atoms. The minimum atomic E-state index is 0.142. The van der Waals surface area contributed by atoms with Crippen LogP contribution in [0.25, 0.3) is 0 Å². The summed E-state index contributed by atoms with van der Waals surface area (Å²) in [6, 6.07) is 0.425. The molecule has 1 amide bonds. The van der Waals surface area contributed by atoms with Gasteiger partial charge in [-0.15, -0.1) is 0 Å². The number of rotatable bonds is 6. The Hall–Kier alpha value is -0.570. The van der Waals surface area contributed by atoms with Crippen LogP contribution in [0.3, 0.4) is 0 Å². The van der Waals surface area contributed by atoms with Crippen molar-refractivity contribution in [3.8, 4) is 0 Å². The first kappa shape index (κ1) is 14.5. The predicted molar refractivity (Wildman–Crippen MR) is 71.9 cm³/mol. The van der Waals surface area contributed by atoms with Gasteiger partial charge in [-0.1, -0.05) is 33.1 Å². The van der Waals surface area contributed by atoms with E-state index in [1.54, 1.807) is 0 Å². The number of carbonyl (C=O) groups is 1. The van der Waals surface area contributed by atoms with E-state index in [9.17, 15) is 4.79 Å². The fourth-order valence-electron chi connectivity index (χ4n) is 2.42. The molecule has 17 heavy (non-hydrogen) atoms. The number of carbonyl (C=O) groups excluding carboxylic acids is 1. The van der Waals surface area contributed by atoms with Crippen LogP contribution in [0.15, 0.2) is 0 Å². The molecule has 1 aliphatic carbocycles. The first-order valence-corrected chi connectivity index (χ1v) is 7.13. The fraction of sp³-hybridized carbons (Fsp3) is 0.929. The van der Waals surface area contributed by atoms with E-state index in [-0.39, 0.29) is 5.91 Å². The van der Waals surface area contributed by atoms with E-state index in [0.717, 1.165) is 18.9 Å². The predicted octanol–water partition coefficient (Wildman–Crippen LogP) is 2.32. The molecule has 0 spiro atoms. The van der Waals surface area contributed by atoms with Crippen molar-refractivity contribution in [1.82, 2.24) is 10.6 Å². The van der Waals surface area contributed by atoms with Crippen molar-refractivity contribution >= 4 is 5.91 Å². The van der Waals surface area contributed by atoms with E-state index < -0.39 is 0 Å². The van der Waals surface area contributed by atoms with Crippen molar-refractivity contribution in [1.29, 1.82) is 0 Å². The lowest BCUT2D eigenvalue weighted by Gasteiger charge is -2.28. The Bertz CT molecular complexity index is 230. The highest BCUT2D eigenvalue weighted by Crippen LogP contribution is 2.28. The molecular weight excluding hydrogens is 212 g/mol. The van der Waals surface area contributed by atoms with Crippen LogP contribution in [0.4, 0.5) is 0 Å². The Morgan fingerprint density at radius 3 is 2.71 bits per heavy atom. The Kier molecular flexibility index (Phi) is 6.56. The van der Waals surface area contributed by atoms with Gasteiger partial charge < -0.3 is 10.6 Å². The average molecular weight is 240 g/mol. The molecule has 0 aromatic rings. The highest BCUT2D eigenvalue weighted by Gasteiger charge is 2.21. The highest BCUT2D eigenvalue weighted by molar-refractivity contribution is 5.77. The Morgan fingerprint density at radius 2 is 2.06 bits per heavy atom. The summed E-state index contributed by atoms with van der Waals surface area (Å²) < 4.78 is 0. The summed E-state index contributed by atoms with van der Waals surface area (Å²) in [5.74, 6) is 1.60. The standard InChI is InChI=1S/C14H28N2O/c1-4-12(3)15-10-14(17)16-9-13-8-6-5-7-11(13)2/h11-13,15H,4-10H2,1-3H3,(H,16,17). The van der Waals surface area contributed by atoms with Gasteiger partial charge in [-0.25, -0.2) is 0 Å². The van der Waals surface area contributed by atoms with Crippen molar-refractivity contribution < 1.29 is 4.79 Å². The Labute approximate surface area is 106 Å². The van der Waals surface area contributed by atoms with E-state index in [4.69, 9.17) is 0 Å². The van der Waals surface area contributed by atoms with E-state index in [0.29, 0.717) is 18.5 Å². The topological polar surface area (TPSA) is 41.1 Å². The van der Waals surface area contributed by atoms with Crippen LogP contribution in [-0.2, 0) is 4.79 Å². The zero-order valence-electron chi connectivity index (χ0n) is 11.6. The third-order valence-corrected chi connectivity index (χ3v) is 4.07. The van der Waals surface area contributed by atoms with Crippen LogP contribution in [-0.4, -0.2) is 25.0 Å². The normalized spacial score (nSPS) is 26.5. The van der Waals surface area contributed by atoms with Gasteiger partial charge in [0, 0.05) is 12.6 Å². The van der Waals surface area contributed by atoms with Crippen molar-refractivity contribution in [3.63, 3.8) is 0 Å². The molecule has 0 heterocycles. The molecule has 0 aliphatic heterocycles. The minimum Gasteiger partial charge on any atom is -0.355 e. The van der Waals surface area contributed by atoms with Gasteiger partial charge in [0.2, 0.25) is 5.91 Å². The summed E-state index contributed by atoms with van der Waals surface area (Å²) in [5.41, 5.74) is 0. The van der Waals surface area contributed by atoms with E-state index in [1.165, 1.54) is 25.7 Å². The number of hydrogen-bond donors (Lipinski definition) is 2. The van der Waals surface area contributed by atoms with Gasteiger partial charge >= 0.3 is 0 Å². The van der Waals surface area contributed by atoms with Crippen LogP contribution < -0.4 is 10.6 Å². The van der Waals surface area contributed by atoms with Gasteiger partial charge in [0.05, 0.1) is 6.54 Å². The van der Waals surface area contributed by atoms with Crippen LogP contribution in [0.1, 0.15) is 52.9 Å². The minimum absolute atomic E-state index is 0.142. The summed E-state index contributed by atoms with van der Waals surface area (Å²) in [6.45, 7) is 7.86. The molecule has 3 unspecified atom stereocenters. The molecule has 3 nitrogen and oxygen atoms in total. The van der Waals surface area contributed by atoms with Crippen molar-refractivity contribution in [3.05, 3.63) is 0 Å². The van der Waals surface area contributed by atoms with Crippen LogP contribution >= 0.6 is 0 Å². The first-order valence-electron chi connectivity index (χ1n) is 7.13. The zero-order valence-corrected chi connectivity index (χ0v) is 11.6. The monoisotopic (exact) mass is 240 g/mol. The number of hydrogen-bond acceptors (Lipinski definition) is 2. The molecular formula is C14H28N2O. The molecule has 0 radical (unpaired) electrons. The van der Waals surface area contributed by atoms with Crippen molar-refractivity contribution in [2.75, 3.05) is 13.1 Å². The first-order chi connectivity index (χ1) is 8.13. The van der Waals surface area contributed by atoms with E-state index >= 15 is 0 Å². The zero-order chi connectivity index (χ0) is 12.7. The summed E-state index contributed by atoms with van der Waals surface area (Å²) in [7, 11) is 0. The molecule has 0 saturated heterocycles. The fourth-order valence-corrected chi connectivity index (χ4v) is 2.42. The quantitative estimate of drug-likeness (QED) is 0.748. The van der Waals surface area contributed by atoms with Crippen LogP contribution in [0.2, 0.25) is 0 Å². The van der Waals surface area contributed by atoms with Gasteiger partial charge in [-0.2, -0.15) is 0 Å². The van der Waals surface area contributed by atoms with Crippen LogP contribution in [0.5, 0.6) is 0 Å². The lowest BCUT2D eigenvalue weighted by molar-refractivity contribution is -0.120. The molecule has 1 saturated carbocycles. The van der Waals surface area contributed by atoms with E-state index in [2.05, 4.69) is 31.4 Å². The highest BCUT2D eigenvalue weighted by atomic mass is 16.1. The molecule has 1 aliphatic rings. The van der Waals surface area contributed by atoms with Gasteiger partial charge in [-0.3, -0.25) is 4.79 Å². The third-order valence-electron chi connectivity index (χ3n) is 4.07. The van der Waals surface area contributed by atoms with Gasteiger partial charge in [0.15, 0.2) is 0 Å². The van der Waals surface area contributed by atoms with E-state index in [1.807, 2.05) is 0 Å². The second kappa shape index (κ2) is 7.70. The maximum atomic E-state index is 11.6. The number of amides is 1. The lowest BCUT2D eigenvalue weighted by Crippen LogP contribution is -2.40. The van der Waals surface area contributed by atoms with Gasteiger partial charge in [0.1, 0.15) is 0 Å². The maximum absolute atomic E-state index is 11.6. The molecule has 3 heteroatoms. The van der Waals surface area contributed by atoms with Gasteiger partial charge in [-0.05, 0) is 31.6 Å². The average Bonchev–Trinajstić information content (AvgIpc) is 2.35. The molecule has 100 valence electrons. The van der Waals surface area contributed by atoms with Crippen molar-refractivity contribution in [2.24, 2.45) is 11.8 Å². The molecule has 1 fully saturated rings. The summed E-state index contributed by atoms with van der Waals surface area (Å²) in [4.78, 5) is 11.6. The summed E-state index contributed by atoms with van der Waals surface area (Å²) in [6.07, 6.45) is 6.36. The molecule has 2 N–H and O–H groups in total.